The van der Waals surface area contributed by atoms with Crippen molar-refractivity contribution in [1.82, 2.24) is 10.2 Å². The van der Waals surface area contributed by atoms with E-state index in [-0.39, 0.29) is 11.8 Å². The summed E-state index contributed by atoms with van der Waals surface area (Å²) in [5.74, 6) is 0.0867. The van der Waals surface area contributed by atoms with Gasteiger partial charge in [0.1, 0.15) is 17.7 Å². The predicted octanol–water partition coefficient (Wildman–Crippen LogP) is 6.96. The number of unbranched alkanes of at least 4 members (excludes halogenated alkanes) is 2. The maximum Gasteiger partial charge on any atom is 0.408 e. The molecule has 0 saturated carbocycles. The Morgan fingerprint density at radius 1 is 1.00 bits per heavy atom. The van der Waals surface area contributed by atoms with Gasteiger partial charge in [-0.2, -0.15) is 11.8 Å². The number of hydrogen-bond acceptors (Lipinski definition) is 5. The third-order valence-corrected chi connectivity index (χ3v) is 7.05. The van der Waals surface area contributed by atoms with Crippen molar-refractivity contribution < 1.29 is 19.1 Å². The summed E-state index contributed by atoms with van der Waals surface area (Å²) in [7, 11) is 0. The zero-order valence-corrected chi connectivity index (χ0v) is 26.2. The molecule has 2 aromatic carbocycles. The molecule has 0 saturated heterocycles. The van der Waals surface area contributed by atoms with Crippen molar-refractivity contribution in [1.29, 1.82) is 0 Å². The number of ether oxygens (including phenoxy) is 1. The minimum absolute atomic E-state index is 0.287. The second kappa shape index (κ2) is 15.7. The van der Waals surface area contributed by atoms with E-state index >= 15 is 0 Å². The van der Waals surface area contributed by atoms with Crippen molar-refractivity contribution in [3.05, 3.63) is 64.7 Å². The van der Waals surface area contributed by atoms with E-state index < -0.39 is 23.8 Å². The molecule has 0 bridgehead atoms. The van der Waals surface area contributed by atoms with Crippen molar-refractivity contribution in [2.75, 3.05) is 23.9 Å². The van der Waals surface area contributed by atoms with Crippen LogP contribution in [-0.4, -0.2) is 53.0 Å². The number of benzene rings is 2. The van der Waals surface area contributed by atoms with Gasteiger partial charge < -0.3 is 20.3 Å². The van der Waals surface area contributed by atoms with E-state index in [1.807, 2.05) is 69.5 Å². The molecule has 2 atom stereocenters. The first-order valence-electron chi connectivity index (χ1n) is 14.1. The summed E-state index contributed by atoms with van der Waals surface area (Å²) in [6.07, 6.45) is 4.36. The summed E-state index contributed by atoms with van der Waals surface area (Å²) >= 11 is 1.60. The molecule has 0 aromatic heterocycles. The van der Waals surface area contributed by atoms with Crippen molar-refractivity contribution in [2.45, 2.75) is 91.8 Å². The molecule has 2 aromatic rings. The van der Waals surface area contributed by atoms with Gasteiger partial charge in [0.15, 0.2) is 0 Å². The Hall–Kier alpha value is -3.00. The maximum atomic E-state index is 14.3. The number of thioether (sulfide) groups is 1. The largest absolute Gasteiger partial charge is 0.444 e. The zero-order chi connectivity index (χ0) is 29.9. The summed E-state index contributed by atoms with van der Waals surface area (Å²) in [5.41, 5.74) is 3.70. The second-order valence-corrected chi connectivity index (χ2v) is 12.3. The molecular weight excluding hydrogens is 522 g/mol. The molecule has 40 heavy (non-hydrogen) atoms. The van der Waals surface area contributed by atoms with Crippen molar-refractivity contribution in [2.24, 2.45) is 0 Å². The zero-order valence-electron chi connectivity index (χ0n) is 25.4. The number of carbonyl (C=O) groups excluding carboxylic acids is 3. The van der Waals surface area contributed by atoms with Crippen LogP contribution in [0.4, 0.5) is 10.5 Å². The van der Waals surface area contributed by atoms with Crippen LogP contribution in [0.5, 0.6) is 0 Å². The number of nitrogens with zero attached hydrogens (tertiary/aromatic N) is 1. The van der Waals surface area contributed by atoms with Crippen molar-refractivity contribution >= 4 is 35.4 Å². The van der Waals surface area contributed by atoms with Crippen LogP contribution in [0.1, 0.15) is 81.7 Å². The highest BCUT2D eigenvalue weighted by atomic mass is 32.2. The topological polar surface area (TPSA) is 87.7 Å². The highest BCUT2D eigenvalue weighted by Crippen LogP contribution is 2.28. The Morgan fingerprint density at radius 3 is 2.23 bits per heavy atom. The fourth-order valence-corrected chi connectivity index (χ4v) is 5.07. The van der Waals surface area contributed by atoms with Gasteiger partial charge in [-0.15, -0.1) is 0 Å². The molecule has 7 nitrogen and oxygen atoms in total. The SMILES string of the molecule is CCCCCN(C(=O)C(CCSC)NC(=O)OC(C)(C)C)C(C(=O)Nc1ccccc1C)c1cc(C)cc(C)c1. The fourth-order valence-electron chi connectivity index (χ4n) is 4.60. The molecule has 0 aliphatic carbocycles. The van der Waals surface area contributed by atoms with Crippen molar-refractivity contribution in [3.8, 4) is 0 Å². The van der Waals surface area contributed by atoms with Crippen LogP contribution in [0.15, 0.2) is 42.5 Å². The number of nitrogens with one attached hydrogen (secondary N) is 2. The molecule has 2 rings (SSSR count). The number of anilines is 1. The van der Waals surface area contributed by atoms with Gasteiger partial charge in [-0.25, -0.2) is 4.79 Å². The Morgan fingerprint density at radius 2 is 1.65 bits per heavy atom. The minimum Gasteiger partial charge on any atom is -0.444 e. The molecule has 3 amide bonds. The average Bonchev–Trinajstić information content (AvgIpc) is 2.85. The van der Waals surface area contributed by atoms with Crippen LogP contribution in [0.25, 0.3) is 0 Å². The number of carbonyl (C=O) groups is 3. The smallest absolute Gasteiger partial charge is 0.408 e. The molecule has 2 unspecified atom stereocenters. The van der Waals surface area contributed by atoms with Gasteiger partial charge in [0, 0.05) is 12.2 Å². The van der Waals surface area contributed by atoms with Crippen LogP contribution >= 0.6 is 11.8 Å². The fraction of sp³-hybridized carbons (Fsp3) is 0.531. The van der Waals surface area contributed by atoms with Gasteiger partial charge in [-0.3, -0.25) is 9.59 Å². The molecule has 0 aliphatic heterocycles. The highest BCUT2D eigenvalue weighted by Gasteiger charge is 2.36. The van der Waals surface area contributed by atoms with Crippen LogP contribution in [0, 0.1) is 20.8 Å². The van der Waals surface area contributed by atoms with E-state index in [1.165, 1.54) is 0 Å². The molecule has 8 heteroatoms. The molecule has 0 radical (unpaired) electrons. The highest BCUT2D eigenvalue weighted by molar-refractivity contribution is 7.98. The first-order chi connectivity index (χ1) is 18.9. The maximum absolute atomic E-state index is 14.3. The van der Waals surface area contributed by atoms with Crippen molar-refractivity contribution in [3.63, 3.8) is 0 Å². The molecular formula is C32H47N3O4S. The molecule has 220 valence electrons. The van der Waals surface area contributed by atoms with Crippen LogP contribution in [0.3, 0.4) is 0 Å². The standard InChI is InChI=1S/C32H47N3O4S/c1-9-10-13-17-35(30(37)27(16-18-40-8)34-31(38)39-32(5,6)7)28(25-20-22(2)19-23(3)21-25)29(36)33-26-15-12-11-14-24(26)4/h11-12,14-15,19-21,27-28H,9-10,13,16-18H2,1-8H3,(H,33,36)(H,34,38). The molecule has 0 fully saturated rings. The molecule has 0 spiro atoms. The predicted molar refractivity (Wildman–Crippen MR) is 166 cm³/mol. The summed E-state index contributed by atoms with van der Waals surface area (Å²) in [4.78, 5) is 42.8. The first kappa shape index (κ1) is 33.2. The molecule has 0 heterocycles. The van der Waals surface area contributed by atoms with E-state index in [0.717, 1.165) is 41.5 Å². The minimum atomic E-state index is -0.875. The van der Waals surface area contributed by atoms with E-state index in [4.69, 9.17) is 4.74 Å². The lowest BCUT2D eigenvalue weighted by atomic mass is 9.97. The Kier molecular flexibility index (Phi) is 13.0. The number of rotatable bonds is 13. The van der Waals surface area contributed by atoms with Gasteiger partial charge in [0.25, 0.3) is 5.91 Å². The van der Waals surface area contributed by atoms with E-state index in [2.05, 4.69) is 17.6 Å². The van der Waals surface area contributed by atoms with Crippen LogP contribution in [0.2, 0.25) is 0 Å². The van der Waals surface area contributed by atoms with Gasteiger partial charge in [-0.05, 0) is 83.6 Å². The monoisotopic (exact) mass is 569 g/mol. The summed E-state index contributed by atoms with van der Waals surface area (Å²) in [6, 6.07) is 11.9. The summed E-state index contributed by atoms with van der Waals surface area (Å²) < 4.78 is 5.49. The van der Waals surface area contributed by atoms with Gasteiger partial charge in [0.05, 0.1) is 0 Å². The average molecular weight is 570 g/mol. The van der Waals surface area contributed by atoms with E-state index in [1.54, 1.807) is 37.4 Å². The van der Waals surface area contributed by atoms with Gasteiger partial charge in [0.2, 0.25) is 5.91 Å². The van der Waals surface area contributed by atoms with Gasteiger partial charge >= 0.3 is 6.09 Å². The lowest BCUT2D eigenvalue weighted by molar-refractivity contribution is -0.141. The number of hydrogen-bond donors (Lipinski definition) is 2. The third kappa shape index (κ3) is 10.5. The number of alkyl carbamates (subject to hydrolysis) is 1. The molecule has 2 N–H and O–H groups in total. The first-order valence-corrected chi connectivity index (χ1v) is 15.5. The molecule has 0 aliphatic rings. The third-order valence-electron chi connectivity index (χ3n) is 6.41. The van der Waals surface area contributed by atoms with Gasteiger partial charge in [-0.1, -0.05) is 67.3 Å². The van der Waals surface area contributed by atoms with E-state index in [9.17, 15) is 14.4 Å². The van der Waals surface area contributed by atoms with E-state index in [0.29, 0.717) is 24.4 Å². The normalized spacial score (nSPS) is 12.8. The van der Waals surface area contributed by atoms with Crippen LogP contribution in [-0.2, 0) is 14.3 Å². The number of para-hydroxylation sites is 1. The quantitative estimate of drug-likeness (QED) is 0.255. The summed E-state index contributed by atoms with van der Waals surface area (Å²) in [5, 5.41) is 5.89. The second-order valence-electron chi connectivity index (χ2n) is 11.3. The number of amides is 3. The lowest BCUT2D eigenvalue weighted by Gasteiger charge is -2.35. The summed E-state index contributed by atoms with van der Waals surface area (Å²) in [6.45, 7) is 13.8. The van der Waals surface area contributed by atoms with Crippen LogP contribution < -0.4 is 10.6 Å². The Labute approximate surface area is 244 Å². The Bertz CT molecular complexity index is 1120. The lowest BCUT2D eigenvalue weighted by Crippen LogP contribution is -2.52. The Balaban J connectivity index is 2.58. The number of aryl methyl sites for hydroxylation is 3.